The van der Waals surface area contributed by atoms with Crippen molar-refractivity contribution in [2.75, 3.05) is 0 Å². The number of carbonyl (C=O) groups is 1. The van der Waals surface area contributed by atoms with Gasteiger partial charge in [-0.2, -0.15) is 5.10 Å². The second kappa shape index (κ2) is 4.51. The zero-order valence-corrected chi connectivity index (χ0v) is 9.29. The van der Waals surface area contributed by atoms with E-state index in [0.29, 0.717) is 5.69 Å². The smallest absolute Gasteiger partial charge is 0.358 e. The number of rotatable bonds is 4. The van der Waals surface area contributed by atoms with Crippen LogP contribution < -0.4 is 0 Å². The first-order valence-electron chi connectivity index (χ1n) is 4.94. The summed E-state index contributed by atoms with van der Waals surface area (Å²) in [5, 5.41) is 19.7. The molecular formula is C9H9F2N5O2. The summed E-state index contributed by atoms with van der Waals surface area (Å²) >= 11 is 0. The molecule has 0 fully saturated rings. The number of aromatic nitrogens is 5. The molecule has 7 nitrogen and oxygen atoms in total. The Hall–Kier alpha value is -2.32. The standard InChI is InChI=1S/C9H9F2N5O2/c1-15-5(2-3-12-15)8-7(9(17)18)13-14-16(8)4-6(10)11/h2-3,6H,4H2,1H3,(H,17,18). The third kappa shape index (κ3) is 2.06. The Morgan fingerprint density at radius 2 is 2.28 bits per heavy atom. The van der Waals surface area contributed by atoms with E-state index in [4.69, 9.17) is 5.11 Å². The molecule has 2 heterocycles. The van der Waals surface area contributed by atoms with Gasteiger partial charge < -0.3 is 5.11 Å². The highest BCUT2D eigenvalue weighted by molar-refractivity contribution is 5.92. The molecule has 96 valence electrons. The molecule has 0 aromatic carbocycles. The Morgan fingerprint density at radius 3 is 2.78 bits per heavy atom. The molecule has 2 aromatic rings. The first-order chi connectivity index (χ1) is 8.50. The number of halogens is 2. The lowest BCUT2D eigenvalue weighted by Gasteiger charge is -2.06. The number of carboxylic acid groups (broad SMARTS) is 1. The number of carboxylic acids is 1. The van der Waals surface area contributed by atoms with Crippen LogP contribution in [0, 0.1) is 0 Å². The Balaban J connectivity index is 2.57. The Kier molecular flexibility index (Phi) is 3.04. The van der Waals surface area contributed by atoms with Crippen LogP contribution in [0.2, 0.25) is 0 Å². The van der Waals surface area contributed by atoms with Gasteiger partial charge in [0.1, 0.15) is 12.2 Å². The van der Waals surface area contributed by atoms with Gasteiger partial charge in [0.15, 0.2) is 5.69 Å². The second-order valence-corrected chi connectivity index (χ2v) is 3.51. The largest absolute Gasteiger partial charge is 0.476 e. The summed E-state index contributed by atoms with van der Waals surface area (Å²) in [5.74, 6) is -1.33. The first-order valence-corrected chi connectivity index (χ1v) is 4.94. The average Bonchev–Trinajstić information content (AvgIpc) is 2.83. The van der Waals surface area contributed by atoms with Gasteiger partial charge in [-0.3, -0.25) is 4.68 Å². The van der Waals surface area contributed by atoms with Gasteiger partial charge in [0, 0.05) is 13.2 Å². The molecule has 0 aliphatic carbocycles. The Labute approximate surface area is 99.6 Å². The second-order valence-electron chi connectivity index (χ2n) is 3.51. The highest BCUT2D eigenvalue weighted by Crippen LogP contribution is 2.22. The van der Waals surface area contributed by atoms with E-state index in [2.05, 4.69) is 15.4 Å². The summed E-state index contributed by atoms with van der Waals surface area (Å²) in [5.41, 5.74) is 0.0000926. The maximum absolute atomic E-state index is 12.4. The first kappa shape index (κ1) is 12.1. The quantitative estimate of drug-likeness (QED) is 0.868. The Bertz CT molecular complexity index is 577. The lowest BCUT2D eigenvalue weighted by atomic mass is 10.2. The molecular weight excluding hydrogens is 248 g/mol. The van der Waals surface area contributed by atoms with Gasteiger partial charge >= 0.3 is 5.97 Å². The molecule has 1 N–H and O–H groups in total. The molecule has 0 unspecified atom stereocenters. The highest BCUT2D eigenvalue weighted by Gasteiger charge is 2.24. The summed E-state index contributed by atoms with van der Waals surface area (Å²) < 4.78 is 27.0. The zero-order valence-electron chi connectivity index (χ0n) is 9.29. The normalized spacial score (nSPS) is 11.1. The molecule has 0 saturated heterocycles. The van der Waals surface area contributed by atoms with E-state index >= 15 is 0 Å². The van der Waals surface area contributed by atoms with Crippen molar-refractivity contribution in [1.82, 2.24) is 24.8 Å². The molecule has 0 saturated carbocycles. The number of alkyl halides is 2. The summed E-state index contributed by atoms with van der Waals surface area (Å²) in [7, 11) is 1.57. The number of nitrogens with zero attached hydrogens (tertiary/aromatic N) is 5. The summed E-state index contributed by atoms with van der Waals surface area (Å²) in [6.07, 6.45) is -1.22. The lowest BCUT2D eigenvalue weighted by Crippen LogP contribution is -2.12. The number of hydrogen-bond acceptors (Lipinski definition) is 4. The third-order valence-corrected chi connectivity index (χ3v) is 2.31. The van der Waals surface area contributed by atoms with Gasteiger partial charge in [-0.1, -0.05) is 5.21 Å². The van der Waals surface area contributed by atoms with Crippen LogP contribution in [-0.2, 0) is 13.6 Å². The van der Waals surface area contributed by atoms with E-state index in [0.717, 1.165) is 4.68 Å². The molecule has 0 aliphatic rings. The van der Waals surface area contributed by atoms with Crippen LogP contribution in [0.5, 0.6) is 0 Å². The van der Waals surface area contributed by atoms with Crippen LogP contribution in [0.3, 0.4) is 0 Å². The van der Waals surface area contributed by atoms with E-state index in [1.54, 1.807) is 7.05 Å². The van der Waals surface area contributed by atoms with Crippen LogP contribution in [0.25, 0.3) is 11.4 Å². The summed E-state index contributed by atoms with van der Waals surface area (Å²) in [4.78, 5) is 11.0. The molecule has 0 spiro atoms. The van der Waals surface area contributed by atoms with Crippen LogP contribution >= 0.6 is 0 Å². The number of aromatic carboxylic acids is 1. The molecule has 0 atom stereocenters. The van der Waals surface area contributed by atoms with Gasteiger partial charge in [0.25, 0.3) is 6.43 Å². The van der Waals surface area contributed by atoms with Crippen LogP contribution in [-0.4, -0.2) is 42.3 Å². The molecule has 2 aromatic heterocycles. The number of hydrogen-bond donors (Lipinski definition) is 1. The van der Waals surface area contributed by atoms with Crippen LogP contribution in [0.15, 0.2) is 12.3 Å². The SMILES string of the molecule is Cn1nccc1-c1c(C(=O)O)nnn1CC(F)F. The zero-order chi connectivity index (χ0) is 13.3. The maximum Gasteiger partial charge on any atom is 0.358 e. The Morgan fingerprint density at radius 1 is 1.56 bits per heavy atom. The van der Waals surface area contributed by atoms with Crippen molar-refractivity contribution in [1.29, 1.82) is 0 Å². The van der Waals surface area contributed by atoms with Crippen molar-refractivity contribution in [3.63, 3.8) is 0 Å². The van der Waals surface area contributed by atoms with Gasteiger partial charge in [-0.25, -0.2) is 18.3 Å². The summed E-state index contributed by atoms with van der Waals surface area (Å²) in [6.45, 7) is -0.721. The van der Waals surface area contributed by atoms with Crippen molar-refractivity contribution >= 4 is 5.97 Å². The van der Waals surface area contributed by atoms with Crippen LogP contribution in [0.1, 0.15) is 10.5 Å². The monoisotopic (exact) mass is 257 g/mol. The maximum atomic E-state index is 12.4. The van der Waals surface area contributed by atoms with Gasteiger partial charge in [0.2, 0.25) is 0 Å². The van der Waals surface area contributed by atoms with Crippen LogP contribution in [0.4, 0.5) is 8.78 Å². The summed E-state index contributed by atoms with van der Waals surface area (Å²) in [6, 6.07) is 1.51. The topological polar surface area (TPSA) is 85.8 Å². The van der Waals surface area contributed by atoms with Crippen molar-refractivity contribution in [3.8, 4) is 11.4 Å². The average molecular weight is 257 g/mol. The fourth-order valence-electron chi connectivity index (χ4n) is 1.58. The lowest BCUT2D eigenvalue weighted by molar-refractivity contribution is 0.0691. The molecule has 0 aliphatic heterocycles. The number of aryl methyl sites for hydroxylation is 1. The van der Waals surface area contributed by atoms with E-state index in [1.807, 2.05) is 0 Å². The predicted molar refractivity (Wildman–Crippen MR) is 55.2 cm³/mol. The van der Waals surface area contributed by atoms with Gasteiger partial charge in [0.05, 0.1) is 5.69 Å². The highest BCUT2D eigenvalue weighted by atomic mass is 19.3. The predicted octanol–water partition coefficient (Wildman–Crippen LogP) is 0.642. The van der Waals surface area contributed by atoms with Crippen molar-refractivity contribution in [2.24, 2.45) is 7.05 Å². The fourth-order valence-corrected chi connectivity index (χ4v) is 1.58. The van der Waals surface area contributed by atoms with E-state index < -0.39 is 18.9 Å². The molecule has 2 rings (SSSR count). The minimum Gasteiger partial charge on any atom is -0.476 e. The van der Waals surface area contributed by atoms with Gasteiger partial charge in [-0.05, 0) is 6.07 Å². The fraction of sp³-hybridized carbons (Fsp3) is 0.333. The van der Waals surface area contributed by atoms with Gasteiger partial charge in [-0.15, -0.1) is 5.10 Å². The minimum atomic E-state index is -2.65. The van der Waals surface area contributed by atoms with E-state index in [-0.39, 0.29) is 11.4 Å². The third-order valence-electron chi connectivity index (χ3n) is 2.31. The van der Waals surface area contributed by atoms with E-state index in [9.17, 15) is 13.6 Å². The van der Waals surface area contributed by atoms with Crippen molar-refractivity contribution in [3.05, 3.63) is 18.0 Å². The molecule has 9 heteroatoms. The molecule has 18 heavy (non-hydrogen) atoms. The minimum absolute atomic E-state index is 0.0165. The molecule has 0 bridgehead atoms. The molecule has 0 amide bonds. The van der Waals surface area contributed by atoms with E-state index in [1.165, 1.54) is 16.9 Å². The van der Waals surface area contributed by atoms with Crippen molar-refractivity contribution in [2.45, 2.75) is 13.0 Å². The molecule has 0 radical (unpaired) electrons. The van der Waals surface area contributed by atoms with Crippen molar-refractivity contribution < 1.29 is 18.7 Å².